The molecule has 1 saturated heterocycles. The molecule has 1 aliphatic rings. The summed E-state index contributed by atoms with van der Waals surface area (Å²) in [5, 5.41) is 1.16. The van der Waals surface area contributed by atoms with Gasteiger partial charge in [0.2, 0.25) is 0 Å². The number of rotatable bonds is 3. The van der Waals surface area contributed by atoms with E-state index in [9.17, 15) is 0 Å². The largest absolute Gasteiger partial charge is 0.459 e. The smallest absolute Gasteiger partial charge is 0.134 e. The van der Waals surface area contributed by atoms with Crippen LogP contribution in [0.3, 0.4) is 0 Å². The van der Waals surface area contributed by atoms with Crippen molar-refractivity contribution in [2.75, 3.05) is 26.7 Å². The molecule has 2 aromatic rings. The van der Waals surface area contributed by atoms with Crippen LogP contribution in [0.2, 0.25) is 0 Å². The van der Waals surface area contributed by atoms with Crippen molar-refractivity contribution in [1.29, 1.82) is 0 Å². The Bertz CT molecular complexity index is 592. The van der Waals surface area contributed by atoms with Gasteiger partial charge < -0.3 is 15.1 Å². The van der Waals surface area contributed by atoms with Gasteiger partial charge in [-0.25, -0.2) is 0 Å². The summed E-state index contributed by atoms with van der Waals surface area (Å²) < 4.78 is 6.02. The fraction of sp³-hybridized carbons (Fsp3) is 0.500. The fourth-order valence-electron chi connectivity index (χ4n) is 2.97. The first-order valence-electron chi connectivity index (χ1n) is 7.31. The Balaban J connectivity index is 1.84. The molecule has 1 aromatic carbocycles. The molecule has 1 fully saturated rings. The molecule has 2 N–H and O–H groups in total. The highest BCUT2D eigenvalue weighted by Gasteiger charge is 2.23. The Kier molecular flexibility index (Phi) is 3.78. The number of para-hydroxylation sites is 1. The van der Waals surface area contributed by atoms with E-state index in [1.807, 2.05) is 18.2 Å². The third-order valence-corrected chi connectivity index (χ3v) is 4.40. The first-order chi connectivity index (χ1) is 9.69. The van der Waals surface area contributed by atoms with Crippen LogP contribution in [-0.4, -0.2) is 42.5 Å². The third-order valence-electron chi connectivity index (χ3n) is 4.40. The lowest BCUT2D eigenvalue weighted by Gasteiger charge is -2.37. The first kappa shape index (κ1) is 13.6. The molecule has 0 amide bonds. The predicted molar refractivity (Wildman–Crippen MR) is 81.5 cm³/mol. The summed E-state index contributed by atoms with van der Waals surface area (Å²) in [5.41, 5.74) is 8.04. The summed E-state index contributed by atoms with van der Waals surface area (Å²) in [5.74, 6) is 1.03. The number of furan rings is 1. The summed E-state index contributed by atoms with van der Waals surface area (Å²) in [4.78, 5) is 4.86. The molecule has 108 valence electrons. The van der Waals surface area contributed by atoms with Crippen LogP contribution < -0.4 is 5.73 Å². The maximum absolute atomic E-state index is 6.02. The zero-order valence-corrected chi connectivity index (χ0v) is 12.3. The van der Waals surface area contributed by atoms with Gasteiger partial charge in [-0.1, -0.05) is 18.2 Å². The van der Waals surface area contributed by atoms with Crippen LogP contribution in [0, 0.1) is 0 Å². The summed E-state index contributed by atoms with van der Waals surface area (Å²) in [7, 11) is 2.19. The molecule has 20 heavy (non-hydrogen) atoms. The number of likely N-dealkylation sites (N-methyl/N-ethyl adjacent to an activating group) is 1. The SMILES string of the molecule is CC1CN(Cc2oc3ccccc3c2CN)CCN1C. The fourth-order valence-corrected chi connectivity index (χ4v) is 2.97. The van der Waals surface area contributed by atoms with E-state index in [2.05, 4.69) is 29.8 Å². The van der Waals surface area contributed by atoms with Crippen LogP contribution in [0.15, 0.2) is 28.7 Å². The van der Waals surface area contributed by atoms with Crippen molar-refractivity contribution >= 4 is 11.0 Å². The van der Waals surface area contributed by atoms with E-state index in [0.717, 1.165) is 48.5 Å². The second kappa shape index (κ2) is 5.56. The molecular formula is C16H23N3O. The third kappa shape index (κ3) is 2.46. The quantitative estimate of drug-likeness (QED) is 0.929. The number of nitrogens with zero attached hydrogens (tertiary/aromatic N) is 2. The van der Waals surface area contributed by atoms with Crippen LogP contribution >= 0.6 is 0 Å². The van der Waals surface area contributed by atoms with Crippen LogP contribution in [0.5, 0.6) is 0 Å². The normalized spacial score (nSPS) is 21.6. The van der Waals surface area contributed by atoms with Crippen molar-refractivity contribution in [2.45, 2.75) is 26.1 Å². The van der Waals surface area contributed by atoms with Crippen LogP contribution in [-0.2, 0) is 13.1 Å². The number of hydrogen-bond acceptors (Lipinski definition) is 4. The number of fused-ring (bicyclic) bond motifs is 1. The summed E-state index contributed by atoms with van der Waals surface area (Å²) in [6.07, 6.45) is 0. The molecule has 4 heteroatoms. The molecular weight excluding hydrogens is 250 g/mol. The van der Waals surface area contributed by atoms with E-state index < -0.39 is 0 Å². The second-order valence-corrected chi connectivity index (χ2v) is 5.77. The van der Waals surface area contributed by atoms with Gasteiger partial charge >= 0.3 is 0 Å². The molecule has 0 aliphatic carbocycles. The van der Waals surface area contributed by atoms with Gasteiger partial charge in [0, 0.05) is 43.2 Å². The van der Waals surface area contributed by atoms with Gasteiger partial charge in [0.05, 0.1) is 6.54 Å². The van der Waals surface area contributed by atoms with E-state index in [1.54, 1.807) is 0 Å². The minimum Gasteiger partial charge on any atom is -0.459 e. The van der Waals surface area contributed by atoms with E-state index in [0.29, 0.717) is 12.6 Å². The predicted octanol–water partition coefficient (Wildman–Crippen LogP) is 2.03. The number of nitrogens with two attached hydrogens (primary N) is 1. The maximum Gasteiger partial charge on any atom is 0.134 e. The summed E-state index contributed by atoms with van der Waals surface area (Å²) in [6.45, 7) is 6.95. The van der Waals surface area contributed by atoms with Gasteiger partial charge in [0.1, 0.15) is 11.3 Å². The maximum atomic E-state index is 6.02. The lowest BCUT2D eigenvalue weighted by molar-refractivity contribution is 0.0948. The molecule has 0 bridgehead atoms. The number of hydrogen-bond donors (Lipinski definition) is 1. The monoisotopic (exact) mass is 273 g/mol. The van der Waals surface area contributed by atoms with E-state index in [1.165, 1.54) is 0 Å². The lowest BCUT2D eigenvalue weighted by atomic mass is 10.1. The topological polar surface area (TPSA) is 45.6 Å². The van der Waals surface area contributed by atoms with Gasteiger partial charge in [-0.3, -0.25) is 4.90 Å². The molecule has 1 atom stereocenters. The van der Waals surface area contributed by atoms with Crippen molar-refractivity contribution in [2.24, 2.45) is 5.73 Å². The zero-order chi connectivity index (χ0) is 14.1. The Morgan fingerprint density at radius 2 is 2.10 bits per heavy atom. The minimum atomic E-state index is 0.537. The molecule has 4 nitrogen and oxygen atoms in total. The number of benzene rings is 1. The van der Waals surface area contributed by atoms with Crippen LogP contribution in [0.4, 0.5) is 0 Å². The van der Waals surface area contributed by atoms with Crippen molar-refractivity contribution in [3.05, 3.63) is 35.6 Å². The Morgan fingerprint density at radius 1 is 1.30 bits per heavy atom. The van der Waals surface area contributed by atoms with Crippen molar-refractivity contribution < 1.29 is 4.42 Å². The molecule has 3 rings (SSSR count). The van der Waals surface area contributed by atoms with Gasteiger partial charge in [-0.2, -0.15) is 0 Å². The summed E-state index contributed by atoms with van der Waals surface area (Å²) >= 11 is 0. The van der Waals surface area contributed by atoms with Crippen LogP contribution in [0.25, 0.3) is 11.0 Å². The van der Waals surface area contributed by atoms with Gasteiger partial charge in [-0.05, 0) is 20.0 Å². The second-order valence-electron chi connectivity index (χ2n) is 5.77. The van der Waals surface area contributed by atoms with Crippen LogP contribution in [0.1, 0.15) is 18.2 Å². The number of piperazine rings is 1. The van der Waals surface area contributed by atoms with E-state index in [-0.39, 0.29) is 0 Å². The Morgan fingerprint density at radius 3 is 2.85 bits per heavy atom. The lowest BCUT2D eigenvalue weighted by Crippen LogP contribution is -2.49. The highest BCUT2D eigenvalue weighted by molar-refractivity contribution is 5.82. The van der Waals surface area contributed by atoms with Gasteiger partial charge in [-0.15, -0.1) is 0 Å². The Hall–Kier alpha value is -1.36. The molecule has 1 unspecified atom stereocenters. The van der Waals surface area contributed by atoms with Crippen molar-refractivity contribution in [3.63, 3.8) is 0 Å². The van der Waals surface area contributed by atoms with Gasteiger partial charge in [0.25, 0.3) is 0 Å². The molecule has 0 spiro atoms. The molecule has 0 radical (unpaired) electrons. The average molecular weight is 273 g/mol. The minimum absolute atomic E-state index is 0.537. The molecule has 1 aromatic heterocycles. The van der Waals surface area contributed by atoms with E-state index >= 15 is 0 Å². The van der Waals surface area contributed by atoms with E-state index in [4.69, 9.17) is 10.2 Å². The first-order valence-corrected chi connectivity index (χ1v) is 7.31. The molecule has 1 aliphatic heterocycles. The highest BCUT2D eigenvalue weighted by Crippen LogP contribution is 2.27. The standard InChI is InChI=1S/C16H23N3O/c1-12-10-19(8-7-18(12)2)11-16-14(9-17)13-5-3-4-6-15(13)20-16/h3-6,12H,7-11,17H2,1-2H3. The van der Waals surface area contributed by atoms with Crippen molar-refractivity contribution in [3.8, 4) is 0 Å². The molecule has 2 heterocycles. The average Bonchev–Trinajstić information content (AvgIpc) is 2.80. The van der Waals surface area contributed by atoms with Crippen molar-refractivity contribution in [1.82, 2.24) is 9.80 Å². The zero-order valence-electron chi connectivity index (χ0n) is 12.3. The summed E-state index contributed by atoms with van der Waals surface area (Å²) in [6, 6.07) is 8.75. The highest BCUT2D eigenvalue weighted by atomic mass is 16.3. The Labute approximate surface area is 120 Å². The van der Waals surface area contributed by atoms with Gasteiger partial charge in [0.15, 0.2) is 0 Å². The molecule has 0 saturated carbocycles.